The summed E-state index contributed by atoms with van der Waals surface area (Å²) in [5.74, 6) is -1.14. The Morgan fingerprint density at radius 3 is 2.57 bits per heavy atom. The van der Waals surface area contributed by atoms with Crippen LogP contribution in [0.15, 0.2) is 89.4 Å². The number of carbonyl (C=O) groups excluding carboxylic acids is 3. The molecular weight excluding hydrogens is 622 g/mol. The summed E-state index contributed by atoms with van der Waals surface area (Å²) in [5.41, 5.74) is 1.90. The minimum atomic E-state index is -1.84. The van der Waals surface area contributed by atoms with Crippen molar-refractivity contribution in [2.24, 2.45) is 5.92 Å². The maximum Gasteiger partial charge on any atom is 0.264 e. The van der Waals surface area contributed by atoms with E-state index in [4.69, 9.17) is 0 Å². The molecule has 0 aromatic heterocycles. The first-order valence-electron chi connectivity index (χ1n) is 15.0. The molecule has 3 amide bonds. The number of piperidine rings is 1. The highest BCUT2D eigenvalue weighted by atomic mass is 79.9. The van der Waals surface area contributed by atoms with Crippen molar-refractivity contribution in [1.82, 2.24) is 4.90 Å². The second-order valence-electron chi connectivity index (χ2n) is 11.4. The lowest BCUT2D eigenvalue weighted by atomic mass is 9.83. The normalized spacial score (nSPS) is 19.0. The van der Waals surface area contributed by atoms with Crippen LogP contribution in [0.1, 0.15) is 49.3 Å². The largest absolute Gasteiger partial charge is 0.395 e. The quantitative estimate of drug-likeness (QED) is 0.272. The van der Waals surface area contributed by atoms with Gasteiger partial charge in [-0.3, -0.25) is 14.4 Å². The van der Waals surface area contributed by atoms with Crippen LogP contribution in [0.5, 0.6) is 0 Å². The van der Waals surface area contributed by atoms with E-state index in [1.165, 1.54) is 0 Å². The van der Waals surface area contributed by atoms with Gasteiger partial charge in [-0.1, -0.05) is 77.5 Å². The van der Waals surface area contributed by atoms with Gasteiger partial charge in [-0.05, 0) is 54.3 Å². The van der Waals surface area contributed by atoms with Gasteiger partial charge in [0.2, 0.25) is 11.8 Å². The van der Waals surface area contributed by atoms with E-state index in [2.05, 4.69) is 15.9 Å². The van der Waals surface area contributed by atoms with Gasteiger partial charge in [0.05, 0.1) is 18.8 Å². The maximum absolute atomic E-state index is 14.0. The number of hydrogen-bond acceptors (Lipinski definition) is 5. The van der Waals surface area contributed by atoms with E-state index in [0.29, 0.717) is 30.8 Å². The topological polar surface area (TPSA) is 101 Å². The molecule has 2 aliphatic rings. The van der Waals surface area contributed by atoms with Gasteiger partial charge in [0, 0.05) is 54.1 Å². The predicted molar refractivity (Wildman–Crippen MR) is 174 cm³/mol. The number of anilines is 2. The number of aliphatic hydroxyl groups excluding tert-OH is 1. The summed E-state index contributed by atoms with van der Waals surface area (Å²) in [5, 5.41) is 21.6. The first-order chi connectivity index (χ1) is 21.2. The van der Waals surface area contributed by atoms with Crippen LogP contribution in [-0.4, -0.2) is 52.5 Å². The molecule has 2 aliphatic heterocycles. The zero-order valence-corrected chi connectivity index (χ0v) is 26.4. The molecule has 5 rings (SSSR count). The Morgan fingerprint density at radius 2 is 1.82 bits per heavy atom. The fraction of sp³-hybridized carbons (Fsp3) is 0.343. The van der Waals surface area contributed by atoms with E-state index in [1.54, 1.807) is 39.8 Å². The smallest absolute Gasteiger partial charge is 0.264 e. The van der Waals surface area contributed by atoms with Crippen molar-refractivity contribution in [3.63, 3.8) is 0 Å². The summed E-state index contributed by atoms with van der Waals surface area (Å²) in [6.45, 7) is 3.13. The highest BCUT2D eigenvalue weighted by Gasteiger charge is 2.52. The molecule has 2 N–H and O–H groups in total. The second-order valence-corrected chi connectivity index (χ2v) is 12.4. The number of carbonyl (C=O) groups is 3. The first-order valence-corrected chi connectivity index (χ1v) is 15.8. The van der Waals surface area contributed by atoms with Crippen LogP contribution >= 0.6 is 15.9 Å². The lowest BCUT2D eigenvalue weighted by molar-refractivity contribution is -0.139. The van der Waals surface area contributed by atoms with Crippen molar-refractivity contribution in [2.75, 3.05) is 29.5 Å². The van der Waals surface area contributed by atoms with Gasteiger partial charge >= 0.3 is 0 Å². The van der Waals surface area contributed by atoms with Crippen LogP contribution in [0.4, 0.5) is 11.4 Å². The standard InChI is InChI=1S/C35H38BrN3O5/c1-25(9-7-15-32(41)37(19-20-40)23-26-10-3-2-4-11-26)35(44)30-22-28(36)16-17-31(30)39(34(35)43)24-27-12-8-13-29(21-27)38-18-6-5-14-33(38)42/h2-4,7-13,16-17,21-22,25,40,44H,5-6,14-15,18-20,23-24H2,1H3/b9-7+/t25-,35+/m1/s1. The number of fused-ring (bicyclic) bond motifs is 1. The van der Waals surface area contributed by atoms with E-state index >= 15 is 0 Å². The molecule has 0 unspecified atom stereocenters. The molecule has 2 atom stereocenters. The van der Waals surface area contributed by atoms with E-state index in [1.807, 2.05) is 66.7 Å². The Hall–Kier alpha value is -3.79. The van der Waals surface area contributed by atoms with Gasteiger partial charge in [0.15, 0.2) is 5.60 Å². The van der Waals surface area contributed by atoms with Crippen molar-refractivity contribution in [2.45, 2.75) is 51.3 Å². The third-order valence-corrected chi connectivity index (χ3v) is 8.93. The number of aliphatic hydroxyl groups is 2. The van der Waals surface area contributed by atoms with Crippen molar-refractivity contribution in [3.8, 4) is 0 Å². The van der Waals surface area contributed by atoms with Gasteiger partial charge in [0.1, 0.15) is 0 Å². The molecule has 1 saturated heterocycles. The van der Waals surface area contributed by atoms with E-state index in [-0.39, 0.29) is 37.9 Å². The molecular formula is C35H38BrN3O5. The van der Waals surface area contributed by atoms with Gasteiger partial charge in [-0.2, -0.15) is 0 Å². The van der Waals surface area contributed by atoms with Crippen LogP contribution < -0.4 is 9.80 Å². The molecule has 44 heavy (non-hydrogen) atoms. The Morgan fingerprint density at radius 1 is 1.05 bits per heavy atom. The Balaban J connectivity index is 1.34. The lowest BCUT2D eigenvalue weighted by Crippen LogP contribution is -2.44. The lowest BCUT2D eigenvalue weighted by Gasteiger charge is -2.29. The van der Waals surface area contributed by atoms with E-state index in [9.17, 15) is 24.6 Å². The molecule has 0 spiro atoms. The van der Waals surface area contributed by atoms with Crippen LogP contribution in [0.25, 0.3) is 0 Å². The number of benzene rings is 3. The van der Waals surface area contributed by atoms with Crippen LogP contribution in [0.3, 0.4) is 0 Å². The SMILES string of the molecule is C[C@H](/C=C/CC(=O)N(CCO)Cc1ccccc1)[C@@]1(O)C(=O)N(Cc2cccc(N3CCCCC3=O)c2)c2ccc(Br)cc21. The number of rotatable bonds is 11. The van der Waals surface area contributed by atoms with Gasteiger partial charge < -0.3 is 24.9 Å². The molecule has 2 heterocycles. The molecule has 3 aromatic carbocycles. The molecule has 0 bridgehead atoms. The van der Waals surface area contributed by atoms with Crippen molar-refractivity contribution in [3.05, 3.63) is 106 Å². The third kappa shape index (κ3) is 6.65. The average molecular weight is 661 g/mol. The zero-order chi connectivity index (χ0) is 31.3. The number of nitrogens with zero attached hydrogens (tertiary/aromatic N) is 3. The monoisotopic (exact) mass is 659 g/mol. The van der Waals surface area contributed by atoms with E-state index in [0.717, 1.165) is 34.1 Å². The minimum absolute atomic E-state index is 0.0680. The molecule has 3 aromatic rings. The fourth-order valence-corrected chi connectivity index (χ4v) is 6.38. The molecule has 9 heteroatoms. The average Bonchev–Trinajstić information content (AvgIpc) is 3.23. The Bertz CT molecular complexity index is 1540. The predicted octanol–water partition coefficient (Wildman–Crippen LogP) is 5.30. The molecule has 0 radical (unpaired) electrons. The minimum Gasteiger partial charge on any atom is -0.395 e. The number of halogens is 1. The van der Waals surface area contributed by atoms with Crippen LogP contribution in [-0.2, 0) is 33.1 Å². The van der Waals surface area contributed by atoms with Gasteiger partial charge in [-0.15, -0.1) is 0 Å². The summed E-state index contributed by atoms with van der Waals surface area (Å²) < 4.78 is 0.738. The third-order valence-electron chi connectivity index (χ3n) is 8.43. The van der Waals surface area contributed by atoms with Crippen molar-refractivity contribution >= 4 is 45.0 Å². The fourth-order valence-electron chi connectivity index (χ4n) is 6.02. The summed E-state index contributed by atoms with van der Waals surface area (Å²) in [4.78, 5) is 44.6. The maximum atomic E-state index is 14.0. The summed E-state index contributed by atoms with van der Waals surface area (Å²) in [6, 6.07) is 22.7. The highest BCUT2D eigenvalue weighted by Crippen LogP contribution is 2.47. The second kappa shape index (κ2) is 13.9. The van der Waals surface area contributed by atoms with Crippen molar-refractivity contribution in [1.29, 1.82) is 0 Å². The molecule has 8 nitrogen and oxygen atoms in total. The van der Waals surface area contributed by atoms with Crippen molar-refractivity contribution < 1.29 is 24.6 Å². The first kappa shape index (κ1) is 31.6. The van der Waals surface area contributed by atoms with Crippen LogP contribution in [0.2, 0.25) is 0 Å². The molecule has 0 saturated carbocycles. The summed E-state index contributed by atoms with van der Waals surface area (Å²) in [7, 11) is 0. The Kier molecular flexibility index (Phi) is 9.98. The molecule has 230 valence electrons. The number of amides is 3. The van der Waals surface area contributed by atoms with E-state index < -0.39 is 17.4 Å². The van der Waals surface area contributed by atoms with Gasteiger partial charge in [-0.25, -0.2) is 0 Å². The van der Waals surface area contributed by atoms with Crippen LogP contribution in [0, 0.1) is 5.92 Å². The van der Waals surface area contributed by atoms with Gasteiger partial charge in [0.25, 0.3) is 5.91 Å². The summed E-state index contributed by atoms with van der Waals surface area (Å²) in [6.07, 6.45) is 5.86. The highest BCUT2D eigenvalue weighted by molar-refractivity contribution is 9.10. The number of hydrogen-bond donors (Lipinski definition) is 2. The summed E-state index contributed by atoms with van der Waals surface area (Å²) >= 11 is 3.49. The molecule has 1 fully saturated rings. The zero-order valence-electron chi connectivity index (χ0n) is 24.9. The Labute approximate surface area is 266 Å². The molecule has 0 aliphatic carbocycles.